The Morgan fingerprint density at radius 2 is 2.15 bits per heavy atom. The van der Waals surface area contributed by atoms with E-state index >= 15 is 0 Å². The van der Waals surface area contributed by atoms with Gasteiger partial charge in [-0.05, 0) is 37.4 Å². The van der Waals surface area contributed by atoms with Crippen molar-refractivity contribution in [2.45, 2.75) is 19.4 Å². The van der Waals surface area contributed by atoms with E-state index in [-0.39, 0.29) is 5.91 Å². The van der Waals surface area contributed by atoms with E-state index in [1.165, 1.54) is 6.26 Å². The van der Waals surface area contributed by atoms with Crippen LogP contribution in [0.5, 0.6) is 0 Å². The average Bonchev–Trinajstić information content (AvgIpc) is 3.39. The van der Waals surface area contributed by atoms with E-state index in [0.29, 0.717) is 18.2 Å². The molecule has 1 amide bonds. The highest BCUT2D eigenvalue weighted by Gasteiger charge is 2.22. The van der Waals surface area contributed by atoms with Crippen molar-refractivity contribution in [3.63, 3.8) is 0 Å². The Bertz CT molecular complexity index is 861. The summed E-state index contributed by atoms with van der Waals surface area (Å²) in [4.78, 5) is 19.3. The maximum absolute atomic E-state index is 12.0. The van der Waals surface area contributed by atoms with E-state index in [9.17, 15) is 4.79 Å². The number of thiazole rings is 1. The Hall–Kier alpha value is -2.44. The van der Waals surface area contributed by atoms with Crippen LogP contribution in [0.3, 0.4) is 0 Å². The van der Waals surface area contributed by atoms with Gasteiger partial charge >= 0.3 is 0 Å². The fourth-order valence-electron chi connectivity index (χ4n) is 3.51. The third kappa shape index (κ3) is 4.64. The largest absolute Gasteiger partial charge is 0.459 e. The lowest BCUT2D eigenvalue weighted by atomic mass is 9.98. The standard InChI is InChI=1S/C21H23N3O2S/c25-21(19-9-5-11-26-19)22-12-16-6-4-10-24(13-16)14-20-23-18(15-27-20)17-7-2-1-3-8-17/h1-3,5,7-9,11,15-16H,4,6,10,12-14H2,(H,22,25). The molecule has 1 atom stereocenters. The molecule has 1 fully saturated rings. The molecule has 2 aromatic heterocycles. The quantitative estimate of drug-likeness (QED) is 0.700. The number of furan rings is 1. The second-order valence-corrected chi connectivity index (χ2v) is 7.87. The molecule has 0 spiro atoms. The van der Waals surface area contributed by atoms with Gasteiger partial charge in [0.15, 0.2) is 5.76 Å². The minimum absolute atomic E-state index is 0.135. The Morgan fingerprint density at radius 3 is 2.96 bits per heavy atom. The van der Waals surface area contributed by atoms with Gasteiger partial charge in [0.05, 0.1) is 18.5 Å². The molecule has 0 aliphatic carbocycles. The molecule has 3 heterocycles. The summed E-state index contributed by atoms with van der Waals surface area (Å²) in [5, 5.41) is 6.27. The normalized spacial score (nSPS) is 17.7. The number of benzene rings is 1. The van der Waals surface area contributed by atoms with Crippen molar-refractivity contribution in [3.05, 3.63) is 64.9 Å². The zero-order chi connectivity index (χ0) is 18.5. The van der Waals surface area contributed by atoms with Crippen molar-refractivity contribution in [3.8, 4) is 11.3 Å². The highest BCUT2D eigenvalue weighted by atomic mass is 32.1. The minimum Gasteiger partial charge on any atom is -0.459 e. The summed E-state index contributed by atoms with van der Waals surface area (Å²) in [5.41, 5.74) is 2.21. The molecule has 1 unspecified atom stereocenters. The number of carbonyl (C=O) groups is 1. The van der Waals surface area contributed by atoms with Gasteiger partial charge in [0.25, 0.3) is 5.91 Å². The van der Waals surface area contributed by atoms with Gasteiger partial charge in [-0.3, -0.25) is 9.69 Å². The summed E-state index contributed by atoms with van der Waals surface area (Å²) in [5.74, 6) is 0.703. The second-order valence-electron chi connectivity index (χ2n) is 6.92. The summed E-state index contributed by atoms with van der Waals surface area (Å²) < 4.78 is 5.14. The highest BCUT2D eigenvalue weighted by molar-refractivity contribution is 7.09. The van der Waals surface area contributed by atoms with E-state index in [1.54, 1.807) is 23.5 Å². The van der Waals surface area contributed by atoms with Crippen LogP contribution < -0.4 is 5.32 Å². The van der Waals surface area contributed by atoms with Gasteiger partial charge in [-0.1, -0.05) is 30.3 Å². The van der Waals surface area contributed by atoms with Crippen LogP contribution in [-0.2, 0) is 6.54 Å². The van der Waals surface area contributed by atoms with Crippen LogP contribution in [0.1, 0.15) is 28.4 Å². The van der Waals surface area contributed by atoms with Crippen LogP contribution in [0.25, 0.3) is 11.3 Å². The van der Waals surface area contributed by atoms with E-state index in [2.05, 4.69) is 27.7 Å². The van der Waals surface area contributed by atoms with E-state index < -0.39 is 0 Å². The Balaban J connectivity index is 1.30. The number of piperidine rings is 1. The SMILES string of the molecule is O=C(NCC1CCCN(Cc2nc(-c3ccccc3)cs2)C1)c1ccco1. The summed E-state index contributed by atoms with van der Waals surface area (Å²) in [6.45, 7) is 3.63. The van der Waals surface area contributed by atoms with Crippen molar-refractivity contribution in [1.29, 1.82) is 0 Å². The van der Waals surface area contributed by atoms with E-state index in [0.717, 1.165) is 48.7 Å². The summed E-state index contributed by atoms with van der Waals surface area (Å²) in [7, 11) is 0. The second kappa shape index (κ2) is 8.50. The topological polar surface area (TPSA) is 58.4 Å². The fraction of sp³-hybridized carbons (Fsp3) is 0.333. The molecule has 0 radical (unpaired) electrons. The van der Waals surface area contributed by atoms with Crippen LogP contribution in [0.2, 0.25) is 0 Å². The maximum atomic E-state index is 12.0. The van der Waals surface area contributed by atoms with Crippen LogP contribution in [0.4, 0.5) is 0 Å². The van der Waals surface area contributed by atoms with Crippen molar-refractivity contribution >= 4 is 17.2 Å². The van der Waals surface area contributed by atoms with E-state index in [4.69, 9.17) is 9.40 Å². The molecule has 140 valence electrons. The molecule has 0 saturated carbocycles. The van der Waals surface area contributed by atoms with Crippen molar-refractivity contribution in [2.24, 2.45) is 5.92 Å². The molecule has 5 nitrogen and oxygen atoms in total. The number of aromatic nitrogens is 1. The van der Waals surface area contributed by atoms with E-state index in [1.807, 2.05) is 18.2 Å². The molecule has 1 aliphatic heterocycles. The lowest BCUT2D eigenvalue weighted by molar-refractivity contribution is 0.0903. The van der Waals surface area contributed by atoms with Gasteiger partial charge in [-0.25, -0.2) is 4.98 Å². The average molecular weight is 382 g/mol. The maximum Gasteiger partial charge on any atom is 0.286 e. The molecule has 6 heteroatoms. The first kappa shape index (κ1) is 17.9. The number of nitrogens with one attached hydrogen (secondary N) is 1. The fourth-order valence-corrected chi connectivity index (χ4v) is 4.35. The molecule has 1 aromatic carbocycles. The zero-order valence-corrected chi connectivity index (χ0v) is 16.0. The van der Waals surface area contributed by atoms with Crippen LogP contribution >= 0.6 is 11.3 Å². The third-order valence-electron chi connectivity index (χ3n) is 4.88. The van der Waals surface area contributed by atoms with Crippen molar-refractivity contribution < 1.29 is 9.21 Å². The molecule has 0 bridgehead atoms. The predicted octanol–water partition coefficient (Wildman–Crippen LogP) is 4.05. The number of amides is 1. The van der Waals surface area contributed by atoms with Crippen LogP contribution in [0.15, 0.2) is 58.5 Å². The third-order valence-corrected chi connectivity index (χ3v) is 5.71. The molecular weight excluding hydrogens is 358 g/mol. The lowest BCUT2D eigenvalue weighted by Crippen LogP contribution is -2.40. The van der Waals surface area contributed by atoms with Gasteiger partial charge in [0.2, 0.25) is 0 Å². The Kier molecular flexibility index (Phi) is 5.65. The van der Waals surface area contributed by atoms with Crippen LogP contribution in [-0.4, -0.2) is 35.4 Å². The lowest BCUT2D eigenvalue weighted by Gasteiger charge is -2.32. The highest BCUT2D eigenvalue weighted by Crippen LogP contribution is 2.24. The minimum atomic E-state index is -0.135. The van der Waals surface area contributed by atoms with Gasteiger partial charge in [-0.15, -0.1) is 11.3 Å². The first-order chi connectivity index (χ1) is 13.3. The summed E-state index contributed by atoms with van der Waals surface area (Å²) >= 11 is 1.72. The first-order valence-electron chi connectivity index (χ1n) is 9.32. The molecule has 1 aliphatic rings. The summed E-state index contributed by atoms with van der Waals surface area (Å²) in [6.07, 6.45) is 3.81. The monoisotopic (exact) mass is 381 g/mol. The summed E-state index contributed by atoms with van der Waals surface area (Å²) in [6, 6.07) is 13.7. The molecule has 4 rings (SSSR count). The molecule has 27 heavy (non-hydrogen) atoms. The predicted molar refractivity (Wildman–Crippen MR) is 107 cm³/mol. The van der Waals surface area contributed by atoms with Crippen LogP contribution in [0, 0.1) is 5.92 Å². The molecular formula is C21H23N3O2S. The first-order valence-corrected chi connectivity index (χ1v) is 10.2. The number of likely N-dealkylation sites (tertiary alicyclic amines) is 1. The van der Waals surface area contributed by atoms with Gasteiger partial charge in [0.1, 0.15) is 5.01 Å². The van der Waals surface area contributed by atoms with Crippen molar-refractivity contribution in [2.75, 3.05) is 19.6 Å². The smallest absolute Gasteiger partial charge is 0.286 e. The number of hydrogen-bond donors (Lipinski definition) is 1. The molecule has 1 saturated heterocycles. The Labute approximate surface area is 163 Å². The van der Waals surface area contributed by atoms with Crippen molar-refractivity contribution in [1.82, 2.24) is 15.2 Å². The number of nitrogens with zero attached hydrogens (tertiary/aromatic N) is 2. The van der Waals surface area contributed by atoms with Gasteiger partial charge in [-0.2, -0.15) is 0 Å². The molecule has 3 aromatic rings. The van der Waals surface area contributed by atoms with Gasteiger partial charge < -0.3 is 9.73 Å². The molecule has 1 N–H and O–H groups in total. The number of hydrogen-bond acceptors (Lipinski definition) is 5. The Morgan fingerprint density at radius 1 is 1.26 bits per heavy atom. The number of rotatable bonds is 6. The zero-order valence-electron chi connectivity index (χ0n) is 15.1. The number of carbonyl (C=O) groups excluding carboxylic acids is 1. The van der Waals surface area contributed by atoms with Gasteiger partial charge in [0, 0.05) is 24.0 Å².